The van der Waals surface area contributed by atoms with Crippen molar-refractivity contribution in [1.82, 2.24) is 4.90 Å². The number of nitrogens with zero attached hydrogens (tertiary/aromatic N) is 2. The van der Waals surface area contributed by atoms with Gasteiger partial charge in [0.25, 0.3) is 5.69 Å². The van der Waals surface area contributed by atoms with Crippen LogP contribution in [-0.2, 0) is 11.3 Å². The molecular weight excluding hydrogens is 330 g/mol. The number of amides is 1. The van der Waals surface area contributed by atoms with Gasteiger partial charge >= 0.3 is 0 Å². The zero-order chi connectivity index (χ0) is 19.1. The number of hydrogen-bond donors (Lipinski definition) is 1. The summed E-state index contributed by atoms with van der Waals surface area (Å²) in [6, 6.07) is 12.4. The summed E-state index contributed by atoms with van der Waals surface area (Å²) in [7, 11) is 0. The van der Waals surface area contributed by atoms with Gasteiger partial charge in [0, 0.05) is 18.7 Å². The van der Waals surface area contributed by atoms with Crippen molar-refractivity contribution in [3.8, 4) is 12.3 Å². The van der Waals surface area contributed by atoms with E-state index in [2.05, 4.69) is 11.2 Å². The zero-order valence-electron chi connectivity index (χ0n) is 14.9. The molecule has 0 spiro atoms. The molecule has 2 aromatic carbocycles. The number of benzene rings is 2. The van der Waals surface area contributed by atoms with Gasteiger partial charge in [-0.1, -0.05) is 41.8 Å². The molecule has 0 saturated heterocycles. The average molecular weight is 351 g/mol. The van der Waals surface area contributed by atoms with Crippen LogP contribution in [0.1, 0.15) is 16.7 Å². The Kier molecular flexibility index (Phi) is 6.48. The Morgan fingerprint density at radius 1 is 1.23 bits per heavy atom. The highest BCUT2D eigenvalue weighted by atomic mass is 16.6. The van der Waals surface area contributed by atoms with Crippen molar-refractivity contribution >= 4 is 17.3 Å². The van der Waals surface area contributed by atoms with Crippen molar-refractivity contribution in [2.75, 3.05) is 18.4 Å². The average Bonchev–Trinajstić information content (AvgIpc) is 2.59. The van der Waals surface area contributed by atoms with E-state index in [1.807, 2.05) is 36.1 Å². The summed E-state index contributed by atoms with van der Waals surface area (Å²) in [5, 5.41) is 13.6. The molecule has 6 nitrogen and oxygen atoms in total. The highest BCUT2D eigenvalue weighted by Gasteiger charge is 2.14. The summed E-state index contributed by atoms with van der Waals surface area (Å²) in [6.45, 7) is 4.77. The molecule has 0 aliphatic rings. The molecule has 0 atom stereocenters. The number of non-ortho nitro benzene ring substituents is 1. The number of carbonyl (C=O) groups is 1. The third-order valence-electron chi connectivity index (χ3n) is 3.91. The van der Waals surface area contributed by atoms with Crippen LogP contribution >= 0.6 is 0 Å². The number of hydrogen-bond acceptors (Lipinski definition) is 4. The lowest BCUT2D eigenvalue weighted by Crippen LogP contribution is -2.33. The fourth-order valence-electron chi connectivity index (χ4n) is 2.50. The van der Waals surface area contributed by atoms with Crippen molar-refractivity contribution in [2.24, 2.45) is 0 Å². The SMILES string of the molecule is C#CCN(CC(=O)Nc1cc([N+](=O)[O-])ccc1C)Cc1ccc(C)cc1. The maximum Gasteiger partial charge on any atom is 0.271 e. The van der Waals surface area contributed by atoms with Crippen molar-refractivity contribution in [1.29, 1.82) is 0 Å². The fraction of sp³-hybridized carbons (Fsp3) is 0.250. The van der Waals surface area contributed by atoms with E-state index in [1.165, 1.54) is 12.1 Å². The first-order valence-electron chi connectivity index (χ1n) is 8.15. The van der Waals surface area contributed by atoms with Gasteiger partial charge < -0.3 is 5.32 Å². The van der Waals surface area contributed by atoms with Gasteiger partial charge in [-0.2, -0.15) is 0 Å². The minimum Gasteiger partial charge on any atom is -0.324 e. The predicted octanol–water partition coefficient (Wildman–Crippen LogP) is 3.29. The van der Waals surface area contributed by atoms with E-state index >= 15 is 0 Å². The molecule has 0 heterocycles. The number of aryl methyl sites for hydroxylation is 2. The second kappa shape index (κ2) is 8.79. The first kappa shape index (κ1) is 19.2. The van der Waals surface area contributed by atoms with E-state index in [1.54, 1.807) is 13.0 Å². The van der Waals surface area contributed by atoms with Crippen LogP contribution in [0.15, 0.2) is 42.5 Å². The topological polar surface area (TPSA) is 75.5 Å². The molecule has 0 bridgehead atoms. The monoisotopic (exact) mass is 351 g/mol. The Morgan fingerprint density at radius 3 is 2.54 bits per heavy atom. The van der Waals surface area contributed by atoms with E-state index in [4.69, 9.17) is 6.42 Å². The third kappa shape index (κ3) is 5.43. The standard InChI is InChI=1S/C20H21N3O3/c1-4-11-22(13-17-8-5-15(2)6-9-17)14-20(24)21-19-12-18(23(25)26)10-7-16(19)3/h1,5-10,12H,11,13-14H2,2-3H3,(H,21,24). The Hall–Kier alpha value is -3.17. The Balaban J connectivity index is 2.05. The van der Waals surface area contributed by atoms with Gasteiger partial charge in [0.05, 0.1) is 23.7 Å². The minimum absolute atomic E-state index is 0.0639. The fourth-order valence-corrected chi connectivity index (χ4v) is 2.50. The smallest absolute Gasteiger partial charge is 0.271 e. The Bertz CT molecular complexity index is 838. The van der Waals surface area contributed by atoms with E-state index in [0.717, 1.165) is 16.7 Å². The molecule has 1 amide bonds. The normalized spacial score (nSPS) is 10.4. The Morgan fingerprint density at radius 2 is 1.92 bits per heavy atom. The first-order chi connectivity index (χ1) is 12.4. The van der Waals surface area contributed by atoms with Crippen LogP contribution in [0.3, 0.4) is 0 Å². The second-order valence-corrected chi connectivity index (χ2v) is 6.14. The number of nitro groups is 1. The molecule has 2 rings (SSSR count). The number of terminal acetylenes is 1. The summed E-state index contributed by atoms with van der Waals surface area (Å²) < 4.78 is 0. The number of rotatable bonds is 7. The lowest BCUT2D eigenvalue weighted by molar-refractivity contribution is -0.384. The van der Waals surface area contributed by atoms with E-state index in [0.29, 0.717) is 18.8 Å². The van der Waals surface area contributed by atoms with Gasteiger partial charge in [0.2, 0.25) is 5.91 Å². The van der Waals surface area contributed by atoms with Gasteiger partial charge in [-0.3, -0.25) is 19.8 Å². The van der Waals surface area contributed by atoms with Gasteiger partial charge in [0.15, 0.2) is 0 Å². The van der Waals surface area contributed by atoms with Crippen LogP contribution < -0.4 is 5.32 Å². The molecule has 134 valence electrons. The summed E-state index contributed by atoms with van der Waals surface area (Å²) in [6.07, 6.45) is 5.41. The molecule has 0 aliphatic heterocycles. The third-order valence-corrected chi connectivity index (χ3v) is 3.91. The van der Waals surface area contributed by atoms with Crippen LogP contribution in [0, 0.1) is 36.3 Å². The number of anilines is 1. The molecule has 2 aromatic rings. The lowest BCUT2D eigenvalue weighted by atomic mass is 10.1. The maximum atomic E-state index is 12.4. The number of nitro benzene ring substituents is 1. The van der Waals surface area contributed by atoms with Gasteiger partial charge in [-0.15, -0.1) is 6.42 Å². The van der Waals surface area contributed by atoms with Crippen molar-refractivity contribution in [3.05, 3.63) is 69.3 Å². The van der Waals surface area contributed by atoms with E-state index < -0.39 is 4.92 Å². The molecule has 0 unspecified atom stereocenters. The molecule has 0 aromatic heterocycles. The zero-order valence-corrected chi connectivity index (χ0v) is 14.9. The van der Waals surface area contributed by atoms with E-state index in [-0.39, 0.29) is 18.1 Å². The molecule has 0 fully saturated rings. The maximum absolute atomic E-state index is 12.4. The van der Waals surface area contributed by atoms with Gasteiger partial charge in [-0.25, -0.2) is 0 Å². The van der Waals surface area contributed by atoms with Crippen molar-refractivity contribution in [2.45, 2.75) is 20.4 Å². The molecule has 0 saturated carbocycles. The van der Waals surface area contributed by atoms with Crippen molar-refractivity contribution < 1.29 is 9.72 Å². The van der Waals surface area contributed by atoms with Gasteiger partial charge in [0.1, 0.15) is 0 Å². The van der Waals surface area contributed by atoms with Crippen LogP contribution in [0.25, 0.3) is 0 Å². The number of nitrogens with one attached hydrogen (secondary N) is 1. The van der Waals surface area contributed by atoms with Crippen LogP contribution in [-0.4, -0.2) is 28.8 Å². The minimum atomic E-state index is -0.489. The molecule has 26 heavy (non-hydrogen) atoms. The summed E-state index contributed by atoms with van der Waals surface area (Å²) in [4.78, 5) is 24.6. The summed E-state index contributed by atoms with van der Waals surface area (Å²) >= 11 is 0. The quantitative estimate of drug-likeness (QED) is 0.472. The van der Waals surface area contributed by atoms with Crippen molar-refractivity contribution in [3.63, 3.8) is 0 Å². The van der Waals surface area contributed by atoms with Crippen LogP contribution in [0.4, 0.5) is 11.4 Å². The highest BCUT2D eigenvalue weighted by molar-refractivity contribution is 5.93. The molecule has 0 radical (unpaired) electrons. The first-order valence-corrected chi connectivity index (χ1v) is 8.15. The summed E-state index contributed by atoms with van der Waals surface area (Å²) in [5.74, 6) is 2.29. The van der Waals surface area contributed by atoms with Gasteiger partial charge in [-0.05, 0) is 25.0 Å². The molecule has 6 heteroatoms. The molecule has 1 N–H and O–H groups in total. The second-order valence-electron chi connectivity index (χ2n) is 6.14. The lowest BCUT2D eigenvalue weighted by Gasteiger charge is -2.20. The number of carbonyl (C=O) groups excluding carboxylic acids is 1. The van der Waals surface area contributed by atoms with Crippen LogP contribution in [0.5, 0.6) is 0 Å². The summed E-state index contributed by atoms with van der Waals surface area (Å²) in [5.41, 5.74) is 3.35. The van der Waals surface area contributed by atoms with E-state index in [9.17, 15) is 14.9 Å². The predicted molar refractivity (Wildman–Crippen MR) is 102 cm³/mol. The molecule has 0 aliphatic carbocycles. The molecular formula is C20H21N3O3. The van der Waals surface area contributed by atoms with Crippen LogP contribution in [0.2, 0.25) is 0 Å². The highest BCUT2D eigenvalue weighted by Crippen LogP contribution is 2.21. The largest absolute Gasteiger partial charge is 0.324 e. The Labute approximate surface area is 153 Å².